The summed E-state index contributed by atoms with van der Waals surface area (Å²) < 4.78 is 5.37. The lowest BCUT2D eigenvalue weighted by Crippen LogP contribution is -2.42. The fourth-order valence-electron chi connectivity index (χ4n) is 2.63. The number of hydrogen-bond acceptors (Lipinski definition) is 3. The van der Waals surface area contributed by atoms with Crippen molar-refractivity contribution in [3.8, 4) is 0 Å². The van der Waals surface area contributed by atoms with Crippen LogP contribution < -0.4 is 16.0 Å². The Labute approximate surface area is 161 Å². The molecule has 2 rings (SSSR count). The first-order chi connectivity index (χ1) is 12.9. The normalized spacial score (nSPS) is 13.1. The van der Waals surface area contributed by atoms with E-state index in [1.54, 1.807) is 13.3 Å². The summed E-state index contributed by atoms with van der Waals surface area (Å²) in [5.74, 6) is 1.57. The smallest absolute Gasteiger partial charge is 0.227 e. The van der Waals surface area contributed by atoms with Crippen LogP contribution in [0.3, 0.4) is 0 Å². The van der Waals surface area contributed by atoms with Crippen molar-refractivity contribution in [1.82, 2.24) is 16.0 Å². The van der Waals surface area contributed by atoms with Crippen LogP contribution >= 0.6 is 0 Å². The highest BCUT2D eigenvalue weighted by Crippen LogP contribution is 2.16. The summed E-state index contributed by atoms with van der Waals surface area (Å²) in [5, 5.41) is 9.45. The maximum Gasteiger partial charge on any atom is 0.227 e. The Kier molecular flexibility index (Phi) is 7.46. The molecule has 0 aliphatic carbocycles. The van der Waals surface area contributed by atoms with Crippen LogP contribution in [0.1, 0.15) is 38.1 Å². The van der Waals surface area contributed by atoms with Gasteiger partial charge in [-0.25, -0.2) is 0 Å². The second-order valence-electron chi connectivity index (χ2n) is 7.16. The van der Waals surface area contributed by atoms with Gasteiger partial charge in [0.1, 0.15) is 5.76 Å². The number of guanidine groups is 1. The van der Waals surface area contributed by atoms with Crippen LogP contribution in [0.25, 0.3) is 0 Å². The van der Waals surface area contributed by atoms with E-state index < -0.39 is 5.41 Å². The van der Waals surface area contributed by atoms with Crippen LogP contribution in [0.4, 0.5) is 0 Å². The molecule has 146 valence electrons. The minimum absolute atomic E-state index is 0.0303. The zero-order valence-electron chi connectivity index (χ0n) is 16.6. The average Bonchev–Trinajstić information content (AvgIpc) is 3.19. The van der Waals surface area contributed by atoms with Crippen LogP contribution in [-0.2, 0) is 11.2 Å². The van der Waals surface area contributed by atoms with E-state index in [2.05, 4.69) is 40.0 Å². The van der Waals surface area contributed by atoms with Gasteiger partial charge >= 0.3 is 0 Å². The summed E-state index contributed by atoms with van der Waals surface area (Å²) in [6.07, 6.45) is 2.43. The molecule has 1 amide bonds. The van der Waals surface area contributed by atoms with Crippen LogP contribution in [0.5, 0.6) is 0 Å². The predicted octanol–water partition coefficient (Wildman–Crippen LogP) is 2.89. The second-order valence-corrected chi connectivity index (χ2v) is 7.16. The quantitative estimate of drug-likeness (QED) is 0.493. The molecule has 0 fully saturated rings. The molecule has 0 saturated heterocycles. The Morgan fingerprint density at radius 3 is 2.56 bits per heavy atom. The number of carbonyl (C=O) groups excluding carboxylic acids is 1. The lowest BCUT2D eigenvalue weighted by molar-refractivity contribution is -0.128. The molecule has 0 bridgehead atoms. The Balaban J connectivity index is 2.04. The molecule has 6 heteroatoms. The van der Waals surface area contributed by atoms with Gasteiger partial charge in [-0.2, -0.15) is 0 Å². The molecule has 0 saturated carbocycles. The zero-order valence-corrected chi connectivity index (χ0v) is 16.6. The minimum Gasteiger partial charge on any atom is -0.469 e. The maximum absolute atomic E-state index is 12.0. The Morgan fingerprint density at radius 1 is 1.19 bits per heavy atom. The molecule has 0 aliphatic rings. The molecule has 3 N–H and O–H groups in total. The van der Waals surface area contributed by atoms with Gasteiger partial charge in [0, 0.05) is 20.0 Å². The van der Waals surface area contributed by atoms with Crippen LogP contribution in [-0.4, -0.2) is 32.0 Å². The third kappa shape index (κ3) is 6.47. The van der Waals surface area contributed by atoms with Crippen molar-refractivity contribution in [1.29, 1.82) is 0 Å². The second kappa shape index (κ2) is 9.80. The van der Waals surface area contributed by atoms with Gasteiger partial charge in [-0.1, -0.05) is 30.3 Å². The SMILES string of the molecule is CNC(=O)C(C)(C)CN=C(NCCc1ccco1)NC(C)c1ccccc1. The van der Waals surface area contributed by atoms with Gasteiger partial charge in [0.05, 0.1) is 24.3 Å². The molecule has 1 unspecified atom stereocenters. The van der Waals surface area contributed by atoms with Gasteiger partial charge in [-0.15, -0.1) is 0 Å². The molecule has 6 nitrogen and oxygen atoms in total. The molecule has 0 aliphatic heterocycles. The first-order valence-electron chi connectivity index (χ1n) is 9.27. The summed E-state index contributed by atoms with van der Waals surface area (Å²) in [6.45, 7) is 6.92. The number of rotatable bonds is 8. The first-order valence-corrected chi connectivity index (χ1v) is 9.27. The number of aliphatic imine (C=N–C) groups is 1. The summed E-state index contributed by atoms with van der Waals surface area (Å²) in [6, 6.07) is 14.1. The molecular formula is C21H30N4O2. The van der Waals surface area contributed by atoms with Gasteiger partial charge in [0.2, 0.25) is 5.91 Å². The molecule has 1 aromatic carbocycles. The number of benzene rings is 1. The summed E-state index contributed by atoms with van der Waals surface area (Å²) in [4.78, 5) is 16.7. The van der Waals surface area contributed by atoms with Gasteiger partial charge in [0.25, 0.3) is 0 Å². The first kappa shape index (κ1) is 20.6. The van der Waals surface area contributed by atoms with Crippen molar-refractivity contribution in [2.45, 2.75) is 33.2 Å². The number of nitrogens with zero attached hydrogens (tertiary/aromatic N) is 1. The topological polar surface area (TPSA) is 78.7 Å². The molecule has 2 aromatic rings. The van der Waals surface area contributed by atoms with Gasteiger partial charge in [-0.05, 0) is 38.5 Å². The van der Waals surface area contributed by atoms with E-state index >= 15 is 0 Å². The Bertz CT molecular complexity index is 724. The van der Waals surface area contributed by atoms with Crippen LogP contribution in [0.15, 0.2) is 58.1 Å². The highest BCUT2D eigenvalue weighted by Gasteiger charge is 2.26. The molecule has 0 spiro atoms. The van der Waals surface area contributed by atoms with Gasteiger partial charge < -0.3 is 20.4 Å². The van der Waals surface area contributed by atoms with E-state index in [9.17, 15) is 4.79 Å². The standard InChI is InChI=1S/C21H30N4O2/c1-16(17-9-6-5-7-10-17)25-20(23-13-12-18-11-8-14-27-18)24-15-21(2,3)19(26)22-4/h5-11,14,16H,12-13,15H2,1-4H3,(H,22,26)(H2,23,24,25). The van der Waals surface area contributed by atoms with Crippen LogP contribution in [0, 0.1) is 5.41 Å². The average molecular weight is 370 g/mol. The number of furan rings is 1. The molecule has 1 atom stereocenters. The van der Waals surface area contributed by atoms with E-state index in [0.29, 0.717) is 19.0 Å². The number of amides is 1. The fourth-order valence-corrected chi connectivity index (χ4v) is 2.63. The highest BCUT2D eigenvalue weighted by molar-refractivity contribution is 5.83. The largest absolute Gasteiger partial charge is 0.469 e. The predicted molar refractivity (Wildman–Crippen MR) is 109 cm³/mol. The third-order valence-corrected chi connectivity index (χ3v) is 4.37. The minimum atomic E-state index is -0.583. The monoisotopic (exact) mass is 370 g/mol. The summed E-state index contributed by atoms with van der Waals surface area (Å²) in [5.41, 5.74) is 0.587. The molecule has 27 heavy (non-hydrogen) atoms. The van der Waals surface area contributed by atoms with Crippen molar-refractivity contribution >= 4 is 11.9 Å². The van der Waals surface area contributed by atoms with Crippen molar-refractivity contribution < 1.29 is 9.21 Å². The Morgan fingerprint density at radius 2 is 1.93 bits per heavy atom. The number of carbonyl (C=O) groups is 1. The van der Waals surface area contributed by atoms with Gasteiger partial charge in [0.15, 0.2) is 5.96 Å². The highest BCUT2D eigenvalue weighted by atomic mass is 16.3. The molecule has 1 heterocycles. The molecule has 1 aromatic heterocycles. The fraction of sp³-hybridized carbons (Fsp3) is 0.429. The van der Waals surface area contributed by atoms with E-state index in [1.165, 1.54) is 5.56 Å². The van der Waals surface area contributed by atoms with E-state index in [-0.39, 0.29) is 11.9 Å². The van der Waals surface area contributed by atoms with E-state index in [0.717, 1.165) is 12.2 Å². The van der Waals surface area contributed by atoms with Crippen molar-refractivity contribution in [3.63, 3.8) is 0 Å². The number of hydrogen-bond donors (Lipinski definition) is 3. The Hall–Kier alpha value is -2.76. The molecular weight excluding hydrogens is 340 g/mol. The summed E-state index contributed by atoms with van der Waals surface area (Å²) >= 11 is 0. The summed E-state index contributed by atoms with van der Waals surface area (Å²) in [7, 11) is 1.64. The molecule has 0 radical (unpaired) electrons. The lowest BCUT2D eigenvalue weighted by atomic mass is 9.93. The van der Waals surface area contributed by atoms with Crippen molar-refractivity contribution in [3.05, 3.63) is 60.1 Å². The van der Waals surface area contributed by atoms with Crippen LogP contribution in [0.2, 0.25) is 0 Å². The lowest BCUT2D eigenvalue weighted by Gasteiger charge is -2.23. The zero-order chi connectivity index (χ0) is 19.7. The number of nitrogens with one attached hydrogen (secondary N) is 3. The van der Waals surface area contributed by atoms with E-state index in [1.807, 2.05) is 44.2 Å². The van der Waals surface area contributed by atoms with Crippen molar-refractivity contribution in [2.75, 3.05) is 20.1 Å². The van der Waals surface area contributed by atoms with Crippen molar-refractivity contribution in [2.24, 2.45) is 10.4 Å². The van der Waals surface area contributed by atoms with Gasteiger partial charge in [-0.3, -0.25) is 9.79 Å². The maximum atomic E-state index is 12.0. The van der Waals surface area contributed by atoms with E-state index in [4.69, 9.17) is 4.42 Å². The third-order valence-electron chi connectivity index (χ3n) is 4.37.